The van der Waals surface area contributed by atoms with Crippen LogP contribution in [0.3, 0.4) is 0 Å². The van der Waals surface area contributed by atoms with E-state index in [1.807, 2.05) is 0 Å². The van der Waals surface area contributed by atoms with Crippen LogP contribution in [0.5, 0.6) is 0 Å². The zero-order valence-corrected chi connectivity index (χ0v) is 10.1. The van der Waals surface area contributed by atoms with E-state index < -0.39 is 16.7 Å². The predicted molar refractivity (Wildman–Crippen MR) is 66.8 cm³/mol. The Bertz CT molecular complexity index is 484. The number of carbonyl (C=O) groups is 1. The second-order valence-corrected chi connectivity index (χ2v) is 5.18. The fourth-order valence-electron chi connectivity index (χ4n) is 1.35. The van der Waals surface area contributed by atoms with Gasteiger partial charge in [-0.25, -0.2) is 0 Å². The number of primary amides is 1. The van der Waals surface area contributed by atoms with Gasteiger partial charge in [-0.2, -0.15) is 0 Å². The lowest BCUT2D eigenvalue weighted by molar-refractivity contribution is -0.115. The molecule has 1 amide bonds. The summed E-state index contributed by atoms with van der Waals surface area (Å²) in [6, 6.07) is 2.92. The van der Waals surface area contributed by atoms with E-state index in [-0.39, 0.29) is 11.3 Å². The van der Waals surface area contributed by atoms with Gasteiger partial charge in [0.15, 0.2) is 0 Å². The van der Waals surface area contributed by atoms with Gasteiger partial charge < -0.3 is 16.0 Å². The molecule has 0 aliphatic rings. The molecule has 0 saturated heterocycles. The minimum absolute atomic E-state index is 0.133. The molecule has 0 bridgehead atoms. The average Bonchev–Trinajstić information content (AvgIpc) is 2.22. The van der Waals surface area contributed by atoms with Crippen LogP contribution in [0.15, 0.2) is 23.1 Å². The molecule has 94 valence electrons. The molecule has 1 atom stereocenters. The average molecular weight is 257 g/mol. The van der Waals surface area contributed by atoms with Crippen molar-refractivity contribution in [1.82, 2.24) is 4.57 Å². The van der Waals surface area contributed by atoms with Crippen molar-refractivity contribution in [3.8, 4) is 0 Å². The predicted octanol–water partition coefficient (Wildman–Crippen LogP) is -0.945. The molecule has 1 aromatic rings. The first-order valence-electron chi connectivity index (χ1n) is 5.08. The first-order valence-corrected chi connectivity index (χ1v) is 6.57. The van der Waals surface area contributed by atoms with Crippen LogP contribution in [0.4, 0.5) is 5.69 Å². The van der Waals surface area contributed by atoms with Crippen molar-refractivity contribution in [3.63, 3.8) is 0 Å². The van der Waals surface area contributed by atoms with Crippen molar-refractivity contribution in [3.05, 3.63) is 28.7 Å². The Hall–Kier alpha value is -1.63. The summed E-state index contributed by atoms with van der Waals surface area (Å²) in [6.07, 6.45) is 2.07. The summed E-state index contributed by atoms with van der Waals surface area (Å²) in [5.74, 6) is -0.375. The number of nitrogens with two attached hydrogens (primary N) is 2. The van der Waals surface area contributed by atoms with Gasteiger partial charge in [0.2, 0.25) is 5.91 Å². The first kappa shape index (κ1) is 13.4. The zero-order chi connectivity index (χ0) is 12.8. The molecule has 7 heteroatoms. The maximum Gasteiger partial charge on any atom is 0.250 e. The standard InChI is InChI=1S/C10H15N3O3S/c11-8-2-3-10(15)13(6-8)4-1-5-17(16)7-9(12)14/h2-3,6H,1,4-5,7,11H2,(H2,12,14). The third-order valence-corrected chi connectivity index (χ3v) is 3.43. The second-order valence-electron chi connectivity index (χ2n) is 3.60. The van der Waals surface area contributed by atoms with Crippen LogP contribution >= 0.6 is 0 Å². The van der Waals surface area contributed by atoms with Gasteiger partial charge in [0.1, 0.15) is 5.75 Å². The third-order valence-electron chi connectivity index (χ3n) is 2.08. The molecule has 0 fully saturated rings. The molecule has 0 saturated carbocycles. The normalized spacial score (nSPS) is 12.2. The third kappa shape index (κ3) is 4.81. The van der Waals surface area contributed by atoms with Crippen LogP contribution in [0, 0.1) is 0 Å². The van der Waals surface area contributed by atoms with Crippen molar-refractivity contribution in [2.24, 2.45) is 5.73 Å². The zero-order valence-electron chi connectivity index (χ0n) is 9.30. The van der Waals surface area contributed by atoms with E-state index >= 15 is 0 Å². The summed E-state index contributed by atoms with van der Waals surface area (Å²) >= 11 is 0. The summed E-state index contributed by atoms with van der Waals surface area (Å²) < 4.78 is 12.7. The number of nitrogen functional groups attached to an aromatic ring is 1. The molecular weight excluding hydrogens is 242 g/mol. The molecule has 6 nitrogen and oxygen atoms in total. The van der Waals surface area contributed by atoms with Crippen molar-refractivity contribution in [2.75, 3.05) is 17.2 Å². The topological polar surface area (TPSA) is 108 Å². The minimum atomic E-state index is -1.26. The van der Waals surface area contributed by atoms with Crippen LogP contribution in [0.2, 0.25) is 0 Å². The number of amides is 1. The van der Waals surface area contributed by atoms with Gasteiger partial charge in [0, 0.05) is 41.0 Å². The minimum Gasteiger partial charge on any atom is -0.398 e. The van der Waals surface area contributed by atoms with Crippen molar-refractivity contribution in [2.45, 2.75) is 13.0 Å². The molecular formula is C10H15N3O3S. The monoisotopic (exact) mass is 257 g/mol. The molecule has 1 unspecified atom stereocenters. The number of nitrogens with zero attached hydrogens (tertiary/aromatic N) is 1. The Morgan fingerprint density at radius 3 is 2.76 bits per heavy atom. The smallest absolute Gasteiger partial charge is 0.250 e. The molecule has 0 aliphatic heterocycles. The number of aryl methyl sites for hydroxylation is 1. The van der Waals surface area contributed by atoms with E-state index in [9.17, 15) is 13.8 Å². The lowest BCUT2D eigenvalue weighted by Gasteiger charge is -2.05. The van der Waals surface area contributed by atoms with Crippen LogP contribution < -0.4 is 17.0 Å². The highest BCUT2D eigenvalue weighted by atomic mass is 32.2. The van der Waals surface area contributed by atoms with E-state index in [1.54, 1.807) is 6.20 Å². The fourth-order valence-corrected chi connectivity index (χ4v) is 2.26. The van der Waals surface area contributed by atoms with E-state index in [2.05, 4.69) is 0 Å². The van der Waals surface area contributed by atoms with E-state index in [0.29, 0.717) is 24.4 Å². The molecule has 0 aromatic carbocycles. The number of aromatic nitrogens is 1. The summed E-state index contributed by atoms with van der Waals surface area (Å²) in [6.45, 7) is 0.425. The number of hydrogen-bond acceptors (Lipinski definition) is 4. The number of anilines is 1. The molecule has 0 radical (unpaired) electrons. The SMILES string of the molecule is NC(=O)CS(=O)CCCn1cc(N)ccc1=O. The maximum absolute atomic E-state index is 11.4. The number of hydrogen-bond donors (Lipinski definition) is 2. The molecule has 17 heavy (non-hydrogen) atoms. The van der Waals surface area contributed by atoms with E-state index in [0.717, 1.165) is 0 Å². The number of carbonyl (C=O) groups excluding carboxylic acids is 1. The molecule has 0 aliphatic carbocycles. The summed E-state index contributed by atoms with van der Waals surface area (Å²) in [5.41, 5.74) is 10.8. The van der Waals surface area contributed by atoms with Crippen LogP contribution in [0.1, 0.15) is 6.42 Å². The molecule has 1 heterocycles. The van der Waals surface area contributed by atoms with Gasteiger partial charge in [-0.3, -0.25) is 13.8 Å². The van der Waals surface area contributed by atoms with Gasteiger partial charge in [-0.15, -0.1) is 0 Å². The van der Waals surface area contributed by atoms with Crippen molar-refractivity contribution < 1.29 is 9.00 Å². The van der Waals surface area contributed by atoms with Gasteiger partial charge in [0.25, 0.3) is 5.56 Å². The highest BCUT2D eigenvalue weighted by Gasteiger charge is 2.04. The molecule has 1 aromatic heterocycles. The molecule has 0 spiro atoms. The highest BCUT2D eigenvalue weighted by molar-refractivity contribution is 7.85. The van der Waals surface area contributed by atoms with E-state index in [1.165, 1.54) is 16.7 Å². The van der Waals surface area contributed by atoms with Crippen molar-refractivity contribution in [1.29, 1.82) is 0 Å². The first-order chi connectivity index (χ1) is 7.99. The Morgan fingerprint density at radius 2 is 2.12 bits per heavy atom. The molecule has 4 N–H and O–H groups in total. The van der Waals surface area contributed by atoms with Crippen LogP contribution in [0.25, 0.3) is 0 Å². The Balaban J connectivity index is 2.46. The number of pyridine rings is 1. The second kappa shape index (κ2) is 6.19. The quantitative estimate of drug-likeness (QED) is 0.685. The summed E-state index contributed by atoms with van der Waals surface area (Å²) in [7, 11) is -1.26. The maximum atomic E-state index is 11.4. The fraction of sp³-hybridized carbons (Fsp3) is 0.400. The van der Waals surface area contributed by atoms with Gasteiger partial charge in [0.05, 0.1) is 0 Å². The van der Waals surface area contributed by atoms with Gasteiger partial charge in [-0.05, 0) is 12.5 Å². The Labute approximate surface area is 101 Å². The van der Waals surface area contributed by atoms with Gasteiger partial charge in [-0.1, -0.05) is 0 Å². The lowest BCUT2D eigenvalue weighted by Crippen LogP contribution is -2.23. The summed E-state index contributed by atoms with van der Waals surface area (Å²) in [4.78, 5) is 21.9. The Morgan fingerprint density at radius 1 is 1.41 bits per heavy atom. The highest BCUT2D eigenvalue weighted by Crippen LogP contribution is 1.98. The largest absolute Gasteiger partial charge is 0.398 e. The van der Waals surface area contributed by atoms with Crippen LogP contribution in [-0.4, -0.2) is 26.2 Å². The number of rotatable bonds is 6. The Kier molecular flexibility index (Phi) is 4.89. The lowest BCUT2D eigenvalue weighted by atomic mass is 10.4. The molecule has 1 rings (SSSR count). The van der Waals surface area contributed by atoms with Crippen LogP contribution in [-0.2, 0) is 22.1 Å². The van der Waals surface area contributed by atoms with Crippen molar-refractivity contribution >= 4 is 22.4 Å². The summed E-state index contributed by atoms with van der Waals surface area (Å²) in [5, 5.41) is 0. The van der Waals surface area contributed by atoms with Gasteiger partial charge >= 0.3 is 0 Å². The van der Waals surface area contributed by atoms with E-state index in [4.69, 9.17) is 11.5 Å².